The second-order valence-corrected chi connectivity index (χ2v) is 6.27. The smallest absolute Gasteiger partial charge is 0.0483 e. The zero-order chi connectivity index (χ0) is 13.0. The second kappa shape index (κ2) is 6.58. The molecule has 2 rings (SSSR count). The first kappa shape index (κ1) is 13.9. The molecule has 1 aliphatic rings. The summed E-state index contributed by atoms with van der Waals surface area (Å²) in [6.07, 6.45) is 3.87. The van der Waals surface area contributed by atoms with Gasteiger partial charge in [-0.1, -0.05) is 38.1 Å². The first-order valence-corrected chi connectivity index (χ1v) is 7.54. The predicted octanol–water partition coefficient (Wildman–Crippen LogP) is 3.96. The molecule has 0 saturated heterocycles. The van der Waals surface area contributed by atoms with E-state index in [9.17, 15) is 0 Å². The number of fused-ring (bicyclic) bond motifs is 1. The Balaban J connectivity index is 1.88. The summed E-state index contributed by atoms with van der Waals surface area (Å²) in [4.78, 5) is 0. The fourth-order valence-electron chi connectivity index (χ4n) is 2.70. The third-order valence-corrected chi connectivity index (χ3v) is 4.61. The van der Waals surface area contributed by atoms with Gasteiger partial charge in [-0.2, -0.15) is 0 Å². The van der Waals surface area contributed by atoms with Crippen molar-refractivity contribution in [3.8, 4) is 0 Å². The van der Waals surface area contributed by atoms with Crippen LogP contribution in [0.15, 0.2) is 24.3 Å². The molecule has 0 saturated carbocycles. The summed E-state index contributed by atoms with van der Waals surface area (Å²) in [5.41, 5.74) is 3.09. The molecule has 1 aromatic carbocycles. The minimum Gasteiger partial charge on any atom is -0.315 e. The first-order chi connectivity index (χ1) is 8.68. The van der Waals surface area contributed by atoms with Crippen LogP contribution in [0.4, 0.5) is 0 Å². The van der Waals surface area contributed by atoms with Crippen molar-refractivity contribution in [2.45, 2.75) is 44.4 Å². The zero-order valence-electron chi connectivity index (χ0n) is 11.5. The van der Waals surface area contributed by atoms with Gasteiger partial charge in [0.1, 0.15) is 0 Å². The largest absolute Gasteiger partial charge is 0.315 e. The first-order valence-electron chi connectivity index (χ1n) is 7.11. The number of rotatable bonds is 5. The highest BCUT2D eigenvalue weighted by Gasteiger charge is 2.19. The summed E-state index contributed by atoms with van der Waals surface area (Å²) in [5, 5.41) is 3.78. The summed E-state index contributed by atoms with van der Waals surface area (Å²) in [6, 6.07) is 8.89. The molecule has 2 unspecified atom stereocenters. The van der Waals surface area contributed by atoms with Gasteiger partial charge in [-0.3, -0.25) is 0 Å². The fraction of sp³-hybridized carbons (Fsp3) is 0.625. The van der Waals surface area contributed by atoms with Crippen molar-refractivity contribution in [1.82, 2.24) is 5.32 Å². The Bertz CT molecular complexity index is 375. The number of hydrogen-bond donors (Lipinski definition) is 1. The average Bonchev–Trinajstić information content (AvgIpc) is 2.38. The van der Waals surface area contributed by atoms with Crippen molar-refractivity contribution in [2.75, 3.05) is 13.1 Å². The molecule has 0 spiro atoms. The van der Waals surface area contributed by atoms with Gasteiger partial charge in [0.15, 0.2) is 0 Å². The van der Waals surface area contributed by atoms with Gasteiger partial charge >= 0.3 is 0 Å². The summed E-state index contributed by atoms with van der Waals surface area (Å²) in [5.74, 6) is 1.21. The Morgan fingerprint density at radius 1 is 1.33 bits per heavy atom. The highest BCUT2D eigenvalue weighted by atomic mass is 35.5. The summed E-state index contributed by atoms with van der Waals surface area (Å²) < 4.78 is 0. The Labute approximate surface area is 116 Å². The van der Waals surface area contributed by atoms with Crippen LogP contribution in [0.25, 0.3) is 0 Å². The molecular formula is C16H24ClN. The van der Waals surface area contributed by atoms with Gasteiger partial charge in [0, 0.05) is 18.5 Å². The van der Waals surface area contributed by atoms with E-state index < -0.39 is 0 Å². The van der Waals surface area contributed by atoms with Crippen LogP contribution in [-0.2, 0) is 6.42 Å². The van der Waals surface area contributed by atoms with Crippen LogP contribution < -0.4 is 5.32 Å². The van der Waals surface area contributed by atoms with Crippen molar-refractivity contribution in [2.24, 2.45) is 5.92 Å². The Kier molecular flexibility index (Phi) is 5.08. The molecular weight excluding hydrogens is 242 g/mol. The standard InChI is InChI=1S/C16H24ClN/c1-12(2)16(17)11-18-10-14-8-5-7-13-6-3-4-9-15(13)14/h3-4,6,9,12,14,16,18H,5,7-8,10-11H2,1-2H3. The van der Waals surface area contributed by atoms with Gasteiger partial charge in [-0.15, -0.1) is 11.6 Å². The van der Waals surface area contributed by atoms with Crippen molar-refractivity contribution >= 4 is 11.6 Å². The van der Waals surface area contributed by atoms with Crippen molar-refractivity contribution < 1.29 is 0 Å². The lowest BCUT2D eigenvalue weighted by Crippen LogP contribution is -2.31. The maximum absolute atomic E-state index is 6.27. The molecule has 1 aromatic rings. The third-order valence-electron chi connectivity index (χ3n) is 3.95. The SMILES string of the molecule is CC(C)C(Cl)CNCC1CCCc2ccccc21. The van der Waals surface area contributed by atoms with Crippen molar-refractivity contribution in [1.29, 1.82) is 0 Å². The minimum atomic E-state index is 0.240. The number of aryl methyl sites for hydroxylation is 1. The monoisotopic (exact) mass is 265 g/mol. The van der Waals surface area contributed by atoms with Crippen molar-refractivity contribution in [3.05, 3.63) is 35.4 Å². The van der Waals surface area contributed by atoms with E-state index in [1.165, 1.54) is 19.3 Å². The van der Waals surface area contributed by atoms with E-state index in [-0.39, 0.29) is 5.38 Å². The van der Waals surface area contributed by atoms with E-state index in [1.807, 2.05) is 0 Å². The second-order valence-electron chi connectivity index (χ2n) is 5.71. The number of benzene rings is 1. The van der Waals surface area contributed by atoms with Gasteiger partial charge in [-0.05, 0) is 42.2 Å². The molecule has 0 aliphatic heterocycles. The van der Waals surface area contributed by atoms with Crippen molar-refractivity contribution in [3.63, 3.8) is 0 Å². The van der Waals surface area contributed by atoms with Crippen LogP contribution in [0.2, 0.25) is 0 Å². The molecule has 0 heterocycles. The lowest BCUT2D eigenvalue weighted by Gasteiger charge is -2.26. The minimum absolute atomic E-state index is 0.240. The number of alkyl halides is 1. The Morgan fingerprint density at radius 2 is 2.11 bits per heavy atom. The highest BCUT2D eigenvalue weighted by Crippen LogP contribution is 2.30. The van der Waals surface area contributed by atoms with E-state index in [2.05, 4.69) is 43.4 Å². The third kappa shape index (κ3) is 3.49. The molecule has 100 valence electrons. The molecule has 18 heavy (non-hydrogen) atoms. The molecule has 0 bridgehead atoms. The van der Waals surface area contributed by atoms with Crippen LogP contribution in [0, 0.1) is 5.92 Å². The molecule has 0 radical (unpaired) electrons. The summed E-state index contributed by atoms with van der Waals surface area (Å²) in [7, 11) is 0. The molecule has 1 N–H and O–H groups in total. The number of nitrogens with one attached hydrogen (secondary N) is 1. The van der Waals surface area contributed by atoms with E-state index in [0.717, 1.165) is 13.1 Å². The normalized spacial score (nSPS) is 20.8. The van der Waals surface area contributed by atoms with Crippen LogP contribution in [-0.4, -0.2) is 18.5 Å². The van der Waals surface area contributed by atoms with E-state index in [4.69, 9.17) is 11.6 Å². The maximum atomic E-state index is 6.27. The summed E-state index contributed by atoms with van der Waals surface area (Å²) >= 11 is 6.27. The predicted molar refractivity (Wildman–Crippen MR) is 79.5 cm³/mol. The van der Waals surface area contributed by atoms with Crippen LogP contribution in [0.5, 0.6) is 0 Å². The van der Waals surface area contributed by atoms with Crippen LogP contribution in [0.3, 0.4) is 0 Å². The molecule has 0 amide bonds. The summed E-state index contributed by atoms with van der Waals surface area (Å²) in [6.45, 7) is 6.33. The molecule has 0 fully saturated rings. The van der Waals surface area contributed by atoms with Crippen LogP contribution >= 0.6 is 11.6 Å². The quantitative estimate of drug-likeness (QED) is 0.795. The highest BCUT2D eigenvalue weighted by molar-refractivity contribution is 6.20. The zero-order valence-corrected chi connectivity index (χ0v) is 12.2. The Morgan fingerprint density at radius 3 is 2.89 bits per heavy atom. The molecule has 2 atom stereocenters. The molecule has 2 heteroatoms. The maximum Gasteiger partial charge on any atom is 0.0483 e. The lowest BCUT2D eigenvalue weighted by atomic mass is 9.83. The van der Waals surface area contributed by atoms with Gasteiger partial charge in [0.2, 0.25) is 0 Å². The van der Waals surface area contributed by atoms with Gasteiger partial charge in [0.05, 0.1) is 0 Å². The molecule has 1 nitrogen and oxygen atoms in total. The average molecular weight is 266 g/mol. The topological polar surface area (TPSA) is 12.0 Å². The van der Waals surface area contributed by atoms with Gasteiger partial charge < -0.3 is 5.32 Å². The van der Waals surface area contributed by atoms with Crippen LogP contribution in [0.1, 0.15) is 43.7 Å². The van der Waals surface area contributed by atoms with E-state index >= 15 is 0 Å². The van der Waals surface area contributed by atoms with E-state index in [1.54, 1.807) is 11.1 Å². The molecule has 0 aromatic heterocycles. The number of hydrogen-bond acceptors (Lipinski definition) is 1. The van der Waals surface area contributed by atoms with E-state index in [0.29, 0.717) is 11.8 Å². The number of halogens is 1. The lowest BCUT2D eigenvalue weighted by molar-refractivity contribution is 0.483. The fourth-order valence-corrected chi connectivity index (χ4v) is 2.81. The van der Waals surface area contributed by atoms with Gasteiger partial charge in [-0.25, -0.2) is 0 Å². The van der Waals surface area contributed by atoms with Gasteiger partial charge in [0.25, 0.3) is 0 Å². The Hall–Kier alpha value is -0.530. The molecule has 1 aliphatic carbocycles.